The summed E-state index contributed by atoms with van der Waals surface area (Å²) in [5.74, 6) is 0.408. The Bertz CT molecular complexity index is 1100. The van der Waals surface area contributed by atoms with Gasteiger partial charge in [0.2, 0.25) is 11.7 Å². The molecule has 0 bridgehead atoms. The Morgan fingerprint density at radius 3 is 2.25 bits per heavy atom. The molecule has 1 fully saturated rings. The number of aromatic nitrogens is 4. The van der Waals surface area contributed by atoms with Gasteiger partial charge in [-0.2, -0.15) is 4.98 Å². The highest BCUT2D eigenvalue weighted by molar-refractivity contribution is 5.87. The van der Waals surface area contributed by atoms with Crippen LogP contribution in [-0.2, 0) is 15.3 Å². The number of hydrogen-bond donors (Lipinski definition) is 4. The number of aliphatic hydroxyl groups excluding tert-OH is 2. The number of aliphatic hydroxyl groups is 2. The quantitative estimate of drug-likeness (QED) is 0.165. The molecule has 0 radical (unpaired) electrons. The van der Waals surface area contributed by atoms with Gasteiger partial charge in [-0.15, -0.1) is 0 Å². The number of nitrogens with one attached hydrogen (secondary N) is 2. The molecule has 1 aliphatic heterocycles. The number of H-pyrrole nitrogens is 1. The molecule has 2 aromatic heterocycles. The van der Waals surface area contributed by atoms with E-state index in [4.69, 9.17) is 4.74 Å². The predicted molar refractivity (Wildman–Crippen MR) is 157 cm³/mol. The van der Waals surface area contributed by atoms with Crippen LogP contribution in [0.3, 0.4) is 0 Å². The normalized spacial score (nSPS) is 21.1. The van der Waals surface area contributed by atoms with E-state index in [0.717, 1.165) is 12.8 Å². The molecular formula is C30H51N5O5. The van der Waals surface area contributed by atoms with Crippen LogP contribution in [0.1, 0.15) is 117 Å². The third-order valence-electron chi connectivity index (χ3n) is 7.86. The lowest BCUT2D eigenvalue weighted by Gasteiger charge is -2.29. The average Bonchev–Trinajstić information content (AvgIpc) is 3.52. The van der Waals surface area contributed by atoms with E-state index >= 15 is 0 Å². The number of nitrogens with zero attached hydrogens (tertiary/aromatic N) is 3. The second-order valence-corrected chi connectivity index (χ2v) is 11.8. The van der Waals surface area contributed by atoms with Crippen molar-refractivity contribution in [3.63, 3.8) is 0 Å². The molecule has 0 spiro atoms. The molecule has 0 saturated carbocycles. The molecule has 4 N–H and O–H groups in total. The predicted octanol–water partition coefficient (Wildman–Crippen LogP) is 5.03. The topological polar surface area (TPSA) is 142 Å². The highest BCUT2D eigenvalue weighted by Gasteiger charge is 2.52. The van der Waals surface area contributed by atoms with Crippen LogP contribution in [0.15, 0.2) is 11.1 Å². The standard InChI is InChI=1S/C30H51N5O5/c1-4-5-6-7-8-9-10-11-12-13-14-15-16-17-25(38)30(18-23(37)24(20-36)40-30)35-21-32-26-27(35)33-29(34-28(26)39)31-19-22(2)3/h21-24,36-37H,4-20H2,1-3H3,(H2,31,33,34,39)/t23-,24+,30-/m0/s1. The minimum absolute atomic E-state index is 0.0375. The molecule has 226 valence electrons. The van der Waals surface area contributed by atoms with Gasteiger partial charge in [-0.25, -0.2) is 4.98 Å². The Hall–Kier alpha value is -2.30. The van der Waals surface area contributed by atoms with Crippen molar-refractivity contribution in [2.24, 2.45) is 5.92 Å². The fourth-order valence-corrected chi connectivity index (χ4v) is 5.48. The molecule has 3 atom stereocenters. The maximum absolute atomic E-state index is 13.7. The van der Waals surface area contributed by atoms with Crippen molar-refractivity contribution >= 4 is 22.9 Å². The number of ketones is 1. The van der Waals surface area contributed by atoms with Crippen molar-refractivity contribution in [1.29, 1.82) is 0 Å². The Labute approximate surface area is 238 Å². The van der Waals surface area contributed by atoms with Gasteiger partial charge in [-0.1, -0.05) is 97.8 Å². The van der Waals surface area contributed by atoms with E-state index in [0.29, 0.717) is 18.9 Å². The summed E-state index contributed by atoms with van der Waals surface area (Å²) in [5.41, 5.74) is -1.70. The largest absolute Gasteiger partial charge is 0.394 e. The molecule has 0 amide bonds. The first-order valence-corrected chi connectivity index (χ1v) is 15.5. The van der Waals surface area contributed by atoms with Crippen molar-refractivity contribution in [3.05, 3.63) is 16.7 Å². The molecule has 1 saturated heterocycles. The van der Waals surface area contributed by atoms with Gasteiger partial charge in [-0.05, 0) is 12.3 Å². The molecule has 40 heavy (non-hydrogen) atoms. The molecule has 1 aliphatic rings. The first-order chi connectivity index (χ1) is 19.3. The summed E-state index contributed by atoms with van der Waals surface area (Å²) >= 11 is 0. The van der Waals surface area contributed by atoms with E-state index in [1.54, 1.807) is 0 Å². The molecule has 10 heteroatoms. The fraction of sp³-hybridized carbons (Fsp3) is 0.800. The van der Waals surface area contributed by atoms with Crippen molar-refractivity contribution in [3.8, 4) is 0 Å². The van der Waals surface area contributed by atoms with Crippen molar-refractivity contribution in [1.82, 2.24) is 19.5 Å². The third kappa shape index (κ3) is 8.60. The monoisotopic (exact) mass is 561 g/mol. The Balaban J connectivity index is 1.58. The van der Waals surface area contributed by atoms with E-state index in [2.05, 4.69) is 27.2 Å². The van der Waals surface area contributed by atoms with Crippen LogP contribution in [0.2, 0.25) is 0 Å². The first-order valence-electron chi connectivity index (χ1n) is 15.5. The molecule has 0 unspecified atom stereocenters. The van der Waals surface area contributed by atoms with Crippen molar-refractivity contribution in [2.75, 3.05) is 18.5 Å². The lowest BCUT2D eigenvalue weighted by Crippen LogP contribution is -2.42. The molecule has 3 heterocycles. The molecular weight excluding hydrogens is 510 g/mol. The van der Waals surface area contributed by atoms with Crippen LogP contribution in [0.5, 0.6) is 0 Å². The van der Waals surface area contributed by atoms with E-state index in [9.17, 15) is 19.8 Å². The molecule has 3 rings (SSSR count). The van der Waals surface area contributed by atoms with Crippen LogP contribution < -0.4 is 10.9 Å². The van der Waals surface area contributed by atoms with Crippen LogP contribution in [0.25, 0.3) is 11.2 Å². The molecule has 0 aliphatic carbocycles. The third-order valence-corrected chi connectivity index (χ3v) is 7.86. The summed E-state index contributed by atoms with van der Waals surface area (Å²) in [5, 5.41) is 23.5. The van der Waals surface area contributed by atoms with Gasteiger partial charge in [0, 0.05) is 19.4 Å². The zero-order chi connectivity index (χ0) is 29.0. The summed E-state index contributed by atoms with van der Waals surface area (Å²) in [6, 6.07) is 0. The number of carbonyl (C=O) groups excluding carboxylic acids is 1. The van der Waals surface area contributed by atoms with Gasteiger partial charge < -0.3 is 20.3 Å². The zero-order valence-corrected chi connectivity index (χ0v) is 24.8. The number of fused-ring (bicyclic) bond motifs is 1. The zero-order valence-electron chi connectivity index (χ0n) is 24.8. The maximum atomic E-state index is 13.7. The smallest absolute Gasteiger partial charge is 0.280 e. The number of aromatic amines is 1. The van der Waals surface area contributed by atoms with Crippen LogP contribution in [0.4, 0.5) is 5.95 Å². The summed E-state index contributed by atoms with van der Waals surface area (Å²) in [4.78, 5) is 37.9. The first kappa shape index (κ1) is 32.2. The van der Waals surface area contributed by atoms with Gasteiger partial charge >= 0.3 is 0 Å². The fourth-order valence-electron chi connectivity index (χ4n) is 5.48. The van der Waals surface area contributed by atoms with Gasteiger partial charge in [0.05, 0.1) is 12.7 Å². The number of Topliss-reactive ketones (excluding diaryl/α,β-unsaturated/α-hetero) is 1. The number of hydrogen-bond acceptors (Lipinski definition) is 8. The van der Waals surface area contributed by atoms with E-state index in [1.807, 2.05) is 13.8 Å². The lowest BCUT2D eigenvalue weighted by atomic mass is 9.96. The van der Waals surface area contributed by atoms with Crippen LogP contribution >= 0.6 is 0 Å². The van der Waals surface area contributed by atoms with E-state index in [-0.39, 0.29) is 35.7 Å². The van der Waals surface area contributed by atoms with Crippen molar-refractivity contribution < 1.29 is 19.7 Å². The molecule has 0 aromatic carbocycles. The SMILES string of the molecule is CCCCCCCCCCCCCCCC(=O)[C@]1(n2cnc3c(=O)[nH]c(NCC(C)C)nc32)C[C@H](O)[C@@H](CO)O1. The van der Waals surface area contributed by atoms with Crippen molar-refractivity contribution in [2.45, 2.75) is 135 Å². The number of unbranched alkanes of at least 4 members (excludes halogenated alkanes) is 12. The minimum Gasteiger partial charge on any atom is -0.394 e. The highest BCUT2D eigenvalue weighted by Crippen LogP contribution is 2.39. The number of anilines is 1. The minimum atomic E-state index is -1.57. The number of carbonyl (C=O) groups is 1. The second kappa shape index (κ2) is 16.2. The Morgan fingerprint density at radius 2 is 1.70 bits per heavy atom. The number of imidazole rings is 1. The van der Waals surface area contributed by atoms with Gasteiger partial charge in [0.1, 0.15) is 12.4 Å². The maximum Gasteiger partial charge on any atom is 0.280 e. The lowest BCUT2D eigenvalue weighted by molar-refractivity contribution is -0.160. The summed E-state index contributed by atoms with van der Waals surface area (Å²) in [6.07, 6.45) is 15.4. The number of ether oxygens (including phenoxy) is 1. The van der Waals surface area contributed by atoms with Gasteiger partial charge in [-0.3, -0.25) is 19.1 Å². The molecule has 2 aromatic rings. The average molecular weight is 562 g/mol. The van der Waals surface area contributed by atoms with E-state index in [1.165, 1.54) is 75.1 Å². The number of rotatable bonds is 20. The van der Waals surface area contributed by atoms with Gasteiger partial charge in [0.25, 0.3) is 5.56 Å². The van der Waals surface area contributed by atoms with E-state index < -0.39 is 30.1 Å². The van der Waals surface area contributed by atoms with Crippen LogP contribution in [-0.4, -0.2) is 60.9 Å². The summed E-state index contributed by atoms with van der Waals surface area (Å²) in [7, 11) is 0. The van der Waals surface area contributed by atoms with Gasteiger partial charge in [0.15, 0.2) is 16.9 Å². The Kier molecular flexibility index (Phi) is 13.1. The highest BCUT2D eigenvalue weighted by atomic mass is 16.6. The second-order valence-electron chi connectivity index (χ2n) is 11.8. The Morgan fingerprint density at radius 1 is 1.10 bits per heavy atom. The summed E-state index contributed by atoms with van der Waals surface area (Å²) < 4.78 is 7.54. The molecule has 10 nitrogen and oxygen atoms in total. The van der Waals surface area contributed by atoms with Crippen LogP contribution in [0, 0.1) is 5.92 Å². The summed E-state index contributed by atoms with van der Waals surface area (Å²) in [6.45, 7) is 6.52.